The van der Waals surface area contributed by atoms with Crippen molar-refractivity contribution in [3.63, 3.8) is 0 Å². The second-order valence-corrected chi connectivity index (χ2v) is 7.62. The number of ether oxygens (including phenoxy) is 1. The highest BCUT2D eigenvalue weighted by Crippen LogP contribution is 2.50. The quantitative estimate of drug-likeness (QED) is 0.848. The minimum Gasteiger partial charge on any atom is -0.392 e. The predicted molar refractivity (Wildman–Crippen MR) is 97.3 cm³/mol. The van der Waals surface area contributed by atoms with Crippen LogP contribution < -0.4 is 5.73 Å². The molecule has 0 radical (unpaired) electrons. The lowest BCUT2D eigenvalue weighted by molar-refractivity contribution is -0.210. The number of hydrogen-bond acceptors (Lipinski definition) is 4. The molecule has 1 aliphatic carbocycles. The molecule has 5 nitrogen and oxygen atoms in total. The molecule has 0 bridgehead atoms. The standard InChI is InChI=1S/C20H30N2O3/c1-14-3-4-15(2)16(11-14)12-19(24)22-8-5-20(6-9-22)17(23)13-18(20)25-10-7-21/h3-4,11,17-18,23H,5-10,12-13,21H2,1-2H3/t17-,18+/m0/s1. The Balaban J connectivity index is 1.58. The van der Waals surface area contributed by atoms with Gasteiger partial charge in [-0.25, -0.2) is 0 Å². The van der Waals surface area contributed by atoms with Gasteiger partial charge in [-0.2, -0.15) is 0 Å². The third-order valence-corrected chi connectivity index (χ3v) is 6.07. The van der Waals surface area contributed by atoms with E-state index < -0.39 is 0 Å². The summed E-state index contributed by atoms with van der Waals surface area (Å²) < 4.78 is 5.82. The molecule has 25 heavy (non-hydrogen) atoms. The largest absolute Gasteiger partial charge is 0.392 e. The summed E-state index contributed by atoms with van der Waals surface area (Å²) in [6.45, 7) is 6.54. The summed E-state index contributed by atoms with van der Waals surface area (Å²) >= 11 is 0. The maximum absolute atomic E-state index is 12.7. The van der Waals surface area contributed by atoms with Crippen LogP contribution in [0.15, 0.2) is 18.2 Å². The van der Waals surface area contributed by atoms with E-state index in [0.29, 0.717) is 39.1 Å². The van der Waals surface area contributed by atoms with Crippen LogP contribution in [0.25, 0.3) is 0 Å². The van der Waals surface area contributed by atoms with Crippen molar-refractivity contribution in [2.75, 3.05) is 26.2 Å². The molecule has 1 saturated heterocycles. The Hall–Kier alpha value is -1.43. The van der Waals surface area contributed by atoms with Gasteiger partial charge in [0.05, 0.1) is 25.2 Å². The van der Waals surface area contributed by atoms with Gasteiger partial charge in [-0.05, 0) is 37.8 Å². The van der Waals surface area contributed by atoms with E-state index in [-0.39, 0.29) is 23.5 Å². The number of rotatable bonds is 5. The Morgan fingerprint density at radius 3 is 2.72 bits per heavy atom. The van der Waals surface area contributed by atoms with Gasteiger partial charge < -0.3 is 20.5 Å². The fraction of sp³-hybridized carbons (Fsp3) is 0.650. The highest BCUT2D eigenvalue weighted by Gasteiger charge is 2.56. The summed E-state index contributed by atoms with van der Waals surface area (Å²) in [5, 5.41) is 10.3. The van der Waals surface area contributed by atoms with Gasteiger partial charge in [0.15, 0.2) is 0 Å². The van der Waals surface area contributed by atoms with E-state index in [4.69, 9.17) is 10.5 Å². The zero-order valence-electron chi connectivity index (χ0n) is 15.3. The molecule has 3 N–H and O–H groups in total. The number of aliphatic hydroxyl groups is 1. The normalized spacial score (nSPS) is 25.0. The number of nitrogens with two attached hydrogens (primary N) is 1. The predicted octanol–water partition coefficient (Wildman–Crippen LogP) is 1.56. The SMILES string of the molecule is Cc1ccc(C)c(CC(=O)N2CCC3(CC2)[C@@H](O)C[C@H]3OCCN)c1. The molecule has 3 rings (SSSR count). The van der Waals surface area contributed by atoms with Crippen molar-refractivity contribution in [3.05, 3.63) is 34.9 Å². The van der Waals surface area contributed by atoms with Crippen molar-refractivity contribution in [3.8, 4) is 0 Å². The molecule has 1 saturated carbocycles. The van der Waals surface area contributed by atoms with Crippen LogP contribution >= 0.6 is 0 Å². The summed E-state index contributed by atoms with van der Waals surface area (Å²) in [6.07, 6.45) is 2.53. The van der Waals surface area contributed by atoms with Crippen molar-refractivity contribution in [1.29, 1.82) is 0 Å². The van der Waals surface area contributed by atoms with Crippen LogP contribution in [0.1, 0.15) is 36.0 Å². The van der Waals surface area contributed by atoms with Crippen molar-refractivity contribution in [2.45, 2.75) is 51.7 Å². The third-order valence-electron chi connectivity index (χ3n) is 6.07. The second-order valence-electron chi connectivity index (χ2n) is 7.62. The number of likely N-dealkylation sites (tertiary alicyclic amines) is 1. The van der Waals surface area contributed by atoms with E-state index in [2.05, 4.69) is 32.0 Å². The first-order valence-electron chi connectivity index (χ1n) is 9.30. The lowest BCUT2D eigenvalue weighted by Gasteiger charge is -2.56. The Kier molecular flexibility index (Phi) is 5.46. The molecule has 1 aromatic rings. The van der Waals surface area contributed by atoms with E-state index in [1.165, 1.54) is 5.56 Å². The zero-order chi connectivity index (χ0) is 18.0. The molecule has 2 aliphatic rings. The number of carbonyl (C=O) groups is 1. The number of hydrogen-bond donors (Lipinski definition) is 2. The van der Waals surface area contributed by atoms with E-state index in [9.17, 15) is 9.90 Å². The molecule has 5 heteroatoms. The average Bonchev–Trinajstić information content (AvgIpc) is 2.61. The lowest BCUT2D eigenvalue weighted by atomic mass is 9.58. The highest BCUT2D eigenvalue weighted by atomic mass is 16.5. The number of aliphatic hydroxyl groups excluding tert-OH is 1. The fourth-order valence-corrected chi connectivity index (χ4v) is 4.26. The molecular formula is C20H30N2O3. The highest BCUT2D eigenvalue weighted by molar-refractivity contribution is 5.79. The number of nitrogens with zero attached hydrogens (tertiary/aromatic N) is 1. The molecule has 1 spiro atoms. The molecule has 1 aliphatic heterocycles. The minimum atomic E-state index is -0.313. The van der Waals surface area contributed by atoms with Gasteiger partial charge in [0.2, 0.25) is 5.91 Å². The number of amides is 1. The Morgan fingerprint density at radius 2 is 2.08 bits per heavy atom. The first-order chi connectivity index (χ1) is 12.0. The maximum Gasteiger partial charge on any atom is 0.227 e. The van der Waals surface area contributed by atoms with Crippen LogP contribution in [0.4, 0.5) is 0 Å². The minimum absolute atomic E-state index is 0.0855. The molecule has 2 atom stereocenters. The topological polar surface area (TPSA) is 75.8 Å². The fourth-order valence-electron chi connectivity index (χ4n) is 4.26. The molecule has 2 fully saturated rings. The van der Waals surface area contributed by atoms with Gasteiger partial charge in [-0.1, -0.05) is 23.8 Å². The van der Waals surface area contributed by atoms with Crippen molar-refractivity contribution in [1.82, 2.24) is 4.90 Å². The summed E-state index contributed by atoms with van der Waals surface area (Å²) in [7, 11) is 0. The molecule has 1 amide bonds. The summed E-state index contributed by atoms with van der Waals surface area (Å²) in [4.78, 5) is 14.6. The van der Waals surface area contributed by atoms with Gasteiger partial charge in [0.25, 0.3) is 0 Å². The van der Waals surface area contributed by atoms with Crippen LogP contribution in [-0.2, 0) is 16.0 Å². The van der Waals surface area contributed by atoms with Crippen LogP contribution in [0.5, 0.6) is 0 Å². The average molecular weight is 346 g/mol. The van der Waals surface area contributed by atoms with Crippen LogP contribution in [0.2, 0.25) is 0 Å². The van der Waals surface area contributed by atoms with Gasteiger partial charge in [0, 0.05) is 31.5 Å². The van der Waals surface area contributed by atoms with Gasteiger partial charge in [-0.3, -0.25) is 4.79 Å². The number of carbonyl (C=O) groups excluding carboxylic acids is 1. The smallest absolute Gasteiger partial charge is 0.227 e. The van der Waals surface area contributed by atoms with Crippen LogP contribution in [0.3, 0.4) is 0 Å². The number of piperidine rings is 1. The van der Waals surface area contributed by atoms with Gasteiger partial charge in [-0.15, -0.1) is 0 Å². The van der Waals surface area contributed by atoms with E-state index in [0.717, 1.165) is 24.0 Å². The molecule has 138 valence electrons. The zero-order valence-corrected chi connectivity index (χ0v) is 15.3. The first kappa shape index (κ1) is 18.4. The summed E-state index contributed by atoms with van der Waals surface area (Å²) in [5.74, 6) is 0.178. The summed E-state index contributed by atoms with van der Waals surface area (Å²) in [5.41, 5.74) is 8.81. The monoisotopic (exact) mass is 346 g/mol. The molecule has 0 unspecified atom stereocenters. The molecule has 1 heterocycles. The third kappa shape index (κ3) is 3.59. The second kappa shape index (κ2) is 7.44. The van der Waals surface area contributed by atoms with E-state index >= 15 is 0 Å². The number of aryl methyl sites for hydroxylation is 2. The number of benzene rings is 1. The van der Waals surface area contributed by atoms with Crippen LogP contribution in [-0.4, -0.2) is 54.4 Å². The Labute approximate surface area is 150 Å². The lowest BCUT2D eigenvalue weighted by Crippen LogP contribution is -2.63. The van der Waals surface area contributed by atoms with Crippen molar-refractivity contribution < 1.29 is 14.6 Å². The van der Waals surface area contributed by atoms with Gasteiger partial charge >= 0.3 is 0 Å². The van der Waals surface area contributed by atoms with Crippen LogP contribution in [0, 0.1) is 19.3 Å². The Morgan fingerprint density at radius 1 is 1.36 bits per heavy atom. The van der Waals surface area contributed by atoms with Crippen molar-refractivity contribution in [2.24, 2.45) is 11.1 Å². The Bertz CT molecular complexity index is 623. The maximum atomic E-state index is 12.7. The molecule has 0 aromatic heterocycles. The molecular weight excluding hydrogens is 316 g/mol. The van der Waals surface area contributed by atoms with E-state index in [1.54, 1.807) is 0 Å². The van der Waals surface area contributed by atoms with Crippen molar-refractivity contribution >= 4 is 5.91 Å². The van der Waals surface area contributed by atoms with Gasteiger partial charge in [0.1, 0.15) is 0 Å². The van der Waals surface area contributed by atoms with E-state index in [1.807, 2.05) is 4.90 Å². The molecule has 1 aromatic carbocycles. The summed E-state index contributed by atoms with van der Waals surface area (Å²) in [6, 6.07) is 6.26. The first-order valence-corrected chi connectivity index (χ1v) is 9.30.